The van der Waals surface area contributed by atoms with Crippen LogP contribution in [0.25, 0.3) is 0 Å². The lowest BCUT2D eigenvalue weighted by molar-refractivity contribution is 0.0502. The lowest BCUT2D eigenvalue weighted by Crippen LogP contribution is -2.11. The van der Waals surface area contributed by atoms with Gasteiger partial charge in [-0.25, -0.2) is 4.79 Å². The molecular formula is C9H11NO3. The number of aryl methyl sites for hydroxylation is 1. The van der Waals surface area contributed by atoms with Crippen molar-refractivity contribution >= 4 is 5.97 Å². The molecule has 0 atom stereocenters. The minimum Gasteiger partial charge on any atom is -0.497 e. The first-order chi connectivity index (χ1) is 6.19. The minimum atomic E-state index is -0.559. The van der Waals surface area contributed by atoms with Gasteiger partial charge < -0.3 is 9.57 Å². The standard InChI is InChI=1S/C9H11NO3/c1-6-3-4-7(12-2)5-8(6)9(11)13-10/h3-5H,10H2,1-2H3. The van der Waals surface area contributed by atoms with Crippen LogP contribution in [0.1, 0.15) is 15.9 Å². The Morgan fingerprint density at radius 1 is 1.46 bits per heavy atom. The molecule has 0 fully saturated rings. The number of ether oxygens (including phenoxy) is 1. The third-order valence-electron chi connectivity index (χ3n) is 1.77. The quantitative estimate of drug-likeness (QED) is 0.692. The van der Waals surface area contributed by atoms with Crippen LogP contribution in [0.3, 0.4) is 0 Å². The van der Waals surface area contributed by atoms with Gasteiger partial charge in [0.2, 0.25) is 0 Å². The monoisotopic (exact) mass is 181 g/mol. The Morgan fingerprint density at radius 2 is 2.15 bits per heavy atom. The highest BCUT2D eigenvalue weighted by atomic mass is 16.7. The van der Waals surface area contributed by atoms with Gasteiger partial charge in [0.25, 0.3) is 0 Å². The summed E-state index contributed by atoms with van der Waals surface area (Å²) in [6.07, 6.45) is 0. The second-order valence-electron chi connectivity index (χ2n) is 2.59. The summed E-state index contributed by atoms with van der Waals surface area (Å²) in [5.41, 5.74) is 1.22. The summed E-state index contributed by atoms with van der Waals surface area (Å²) >= 11 is 0. The maximum Gasteiger partial charge on any atom is 0.357 e. The van der Waals surface area contributed by atoms with E-state index in [0.29, 0.717) is 11.3 Å². The van der Waals surface area contributed by atoms with Gasteiger partial charge >= 0.3 is 5.97 Å². The average molecular weight is 181 g/mol. The van der Waals surface area contributed by atoms with E-state index >= 15 is 0 Å². The van der Waals surface area contributed by atoms with E-state index in [1.165, 1.54) is 7.11 Å². The second-order valence-corrected chi connectivity index (χ2v) is 2.59. The summed E-state index contributed by atoms with van der Waals surface area (Å²) < 4.78 is 4.96. The topological polar surface area (TPSA) is 61.5 Å². The van der Waals surface area contributed by atoms with Crippen LogP contribution >= 0.6 is 0 Å². The maximum atomic E-state index is 11.1. The number of benzene rings is 1. The van der Waals surface area contributed by atoms with Crippen LogP contribution in [0, 0.1) is 6.92 Å². The molecule has 0 saturated carbocycles. The summed E-state index contributed by atoms with van der Waals surface area (Å²) in [5.74, 6) is 4.82. The molecule has 0 aliphatic carbocycles. The number of carbonyl (C=O) groups excluding carboxylic acids is 1. The molecule has 4 nitrogen and oxygen atoms in total. The Bertz CT molecular complexity index is 323. The van der Waals surface area contributed by atoms with Crippen molar-refractivity contribution in [2.24, 2.45) is 5.90 Å². The first-order valence-corrected chi connectivity index (χ1v) is 3.74. The molecule has 0 aromatic heterocycles. The van der Waals surface area contributed by atoms with E-state index in [4.69, 9.17) is 10.6 Å². The molecule has 0 amide bonds. The zero-order valence-electron chi connectivity index (χ0n) is 7.53. The smallest absolute Gasteiger partial charge is 0.357 e. The average Bonchev–Trinajstić information content (AvgIpc) is 2.17. The third kappa shape index (κ3) is 1.97. The van der Waals surface area contributed by atoms with E-state index in [2.05, 4.69) is 4.84 Å². The van der Waals surface area contributed by atoms with Gasteiger partial charge in [-0.2, -0.15) is 5.90 Å². The fourth-order valence-corrected chi connectivity index (χ4v) is 1.01. The first kappa shape index (κ1) is 9.54. The Morgan fingerprint density at radius 3 is 2.69 bits per heavy atom. The summed E-state index contributed by atoms with van der Waals surface area (Å²) in [6.45, 7) is 1.80. The Hall–Kier alpha value is -1.55. The number of hydrogen-bond acceptors (Lipinski definition) is 4. The highest BCUT2D eigenvalue weighted by Gasteiger charge is 2.10. The number of methoxy groups -OCH3 is 1. The van der Waals surface area contributed by atoms with Gasteiger partial charge in [0.1, 0.15) is 5.75 Å². The molecular weight excluding hydrogens is 170 g/mol. The summed E-state index contributed by atoms with van der Waals surface area (Å²) in [4.78, 5) is 15.2. The first-order valence-electron chi connectivity index (χ1n) is 3.74. The van der Waals surface area contributed by atoms with Gasteiger partial charge in [-0.05, 0) is 24.6 Å². The van der Waals surface area contributed by atoms with Crippen molar-refractivity contribution in [3.05, 3.63) is 29.3 Å². The van der Waals surface area contributed by atoms with Gasteiger partial charge in [-0.1, -0.05) is 6.07 Å². The Balaban J connectivity index is 3.11. The number of hydrogen-bond donors (Lipinski definition) is 1. The zero-order chi connectivity index (χ0) is 9.84. The van der Waals surface area contributed by atoms with Crippen LogP contribution in [0.2, 0.25) is 0 Å². The van der Waals surface area contributed by atoms with E-state index in [1.807, 2.05) is 0 Å². The number of rotatable bonds is 2. The molecule has 0 aliphatic heterocycles. The van der Waals surface area contributed by atoms with Crippen LogP contribution in [0.4, 0.5) is 0 Å². The van der Waals surface area contributed by atoms with Crippen molar-refractivity contribution in [2.75, 3.05) is 7.11 Å². The van der Waals surface area contributed by atoms with Crippen molar-refractivity contribution in [3.8, 4) is 5.75 Å². The normalized spacial score (nSPS) is 9.46. The minimum absolute atomic E-state index is 0.418. The molecule has 0 heterocycles. The lowest BCUT2D eigenvalue weighted by atomic mass is 10.1. The zero-order valence-corrected chi connectivity index (χ0v) is 7.53. The molecule has 2 N–H and O–H groups in total. The summed E-state index contributed by atoms with van der Waals surface area (Å²) in [5, 5.41) is 0. The molecule has 13 heavy (non-hydrogen) atoms. The predicted octanol–water partition coefficient (Wildman–Crippen LogP) is 1.03. The molecule has 0 aliphatic rings. The van der Waals surface area contributed by atoms with Gasteiger partial charge in [-0.15, -0.1) is 0 Å². The molecule has 1 aromatic carbocycles. The van der Waals surface area contributed by atoms with Gasteiger partial charge in [-0.3, -0.25) is 0 Å². The molecule has 0 spiro atoms. The third-order valence-corrected chi connectivity index (χ3v) is 1.77. The van der Waals surface area contributed by atoms with Gasteiger partial charge in [0.05, 0.1) is 12.7 Å². The van der Waals surface area contributed by atoms with Crippen LogP contribution in [-0.2, 0) is 4.84 Å². The van der Waals surface area contributed by atoms with Crippen LogP contribution < -0.4 is 10.6 Å². The van der Waals surface area contributed by atoms with Gasteiger partial charge in [0.15, 0.2) is 0 Å². The van der Waals surface area contributed by atoms with Crippen molar-refractivity contribution in [1.29, 1.82) is 0 Å². The lowest BCUT2D eigenvalue weighted by Gasteiger charge is -2.05. The van der Waals surface area contributed by atoms with Crippen LogP contribution in [-0.4, -0.2) is 13.1 Å². The fraction of sp³-hybridized carbons (Fsp3) is 0.222. The molecule has 1 aromatic rings. The van der Waals surface area contributed by atoms with Crippen molar-refractivity contribution in [2.45, 2.75) is 6.92 Å². The number of carbonyl (C=O) groups is 1. The van der Waals surface area contributed by atoms with Crippen molar-refractivity contribution < 1.29 is 14.4 Å². The van der Waals surface area contributed by atoms with E-state index in [9.17, 15) is 4.79 Å². The predicted molar refractivity (Wildman–Crippen MR) is 47.3 cm³/mol. The van der Waals surface area contributed by atoms with Crippen molar-refractivity contribution in [3.63, 3.8) is 0 Å². The van der Waals surface area contributed by atoms with E-state index in [1.54, 1.807) is 25.1 Å². The molecule has 0 bridgehead atoms. The molecule has 0 saturated heterocycles. The highest BCUT2D eigenvalue weighted by Crippen LogP contribution is 2.17. The van der Waals surface area contributed by atoms with Gasteiger partial charge in [0, 0.05) is 0 Å². The molecule has 1 rings (SSSR count). The highest BCUT2D eigenvalue weighted by molar-refractivity contribution is 5.91. The largest absolute Gasteiger partial charge is 0.497 e. The fourth-order valence-electron chi connectivity index (χ4n) is 1.01. The Kier molecular flexibility index (Phi) is 2.87. The van der Waals surface area contributed by atoms with E-state index in [0.717, 1.165) is 5.56 Å². The van der Waals surface area contributed by atoms with Crippen molar-refractivity contribution in [1.82, 2.24) is 0 Å². The molecule has 4 heteroatoms. The van der Waals surface area contributed by atoms with E-state index in [-0.39, 0.29) is 0 Å². The molecule has 70 valence electrons. The molecule has 0 unspecified atom stereocenters. The Labute approximate surface area is 76.2 Å². The second kappa shape index (κ2) is 3.91. The summed E-state index contributed by atoms with van der Waals surface area (Å²) in [7, 11) is 1.53. The van der Waals surface area contributed by atoms with Crippen LogP contribution in [0.15, 0.2) is 18.2 Å². The van der Waals surface area contributed by atoms with E-state index < -0.39 is 5.97 Å². The number of nitrogens with two attached hydrogens (primary N) is 1. The molecule has 0 radical (unpaired) electrons. The van der Waals surface area contributed by atoms with Crippen LogP contribution in [0.5, 0.6) is 5.75 Å². The SMILES string of the molecule is COc1ccc(C)c(C(=O)ON)c1. The maximum absolute atomic E-state index is 11.1. The summed E-state index contributed by atoms with van der Waals surface area (Å²) in [6, 6.07) is 5.12.